The lowest BCUT2D eigenvalue weighted by Gasteiger charge is -2.25. The second-order valence-electron chi connectivity index (χ2n) is 7.83. The van der Waals surface area contributed by atoms with Crippen LogP contribution in [0.25, 0.3) is 10.9 Å². The van der Waals surface area contributed by atoms with Crippen LogP contribution in [0.15, 0.2) is 30.3 Å². The maximum Gasteiger partial charge on any atom is 0.416 e. The molecule has 4 rings (SSSR count). The monoisotopic (exact) mass is 478 g/mol. The van der Waals surface area contributed by atoms with Crippen molar-refractivity contribution < 1.29 is 32.1 Å². The Hall–Kier alpha value is -3.31. The number of alkyl halides is 3. The molecule has 11 heteroatoms. The summed E-state index contributed by atoms with van der Waals surface area (Å²) in [5, 5.41) is 3.74. The smallest absolute Gasteiger partial charge is 0.416 e. The van der Waals surface area contributed by atoms with Crippen LogP contribution < -0.4 is 20.5 Å². The number of anilines is 2. The SMILES string of the molecule is COc1cc2nc(C)nc(NCc3cc(N)cc(C(F)(F)F)c3)c2cc1OCCOC1COC1. The van der Waals surface area contributed by atoms with Gasteiger partial charge in [0.1, 0.15) is 24.4 Å². The molecule has 34 heavy (non-hydrogen) atoms. The van der Waals surface area contributed by atoms with Crippen molar-refractivity contribution in [2.24, 2.45) is 0 Å². The molecule has 8 nitrogen and oxygen atoms in total. The third-order valence-electron chi connectivity index (χ3n) is 5.20. The van der Waals surface area contributed by atoms with Gasteiger partial charge in [0.15, 0.2) is 11.5 Å². The molecule has 1 aliphatic rings. The van der Waals surface area contributed by atoms with Gasteiger partial charge in [-0.05, 0) is 36.8 Å². The summed E-state index contributed by atoms with van der Waals surface area (Å²) in [6, 6.07) is 6.93. The number of nitrogens with one attached hydrogen (secondary N) is 1. The van der Waals surface area contributed by atoms with E-state index in [0.29, 0.717) is 66.0 Å². The molecule has 3 aromatic rings. The van der Waals surface area contributed by atoms with Crippen LogP contribution in [0, 0.1) is 6.92 Å². The Balaban J connectivity index is 1.56. The quantitative estimate of drug-likeness (QED) is 0.352. The van der Waals surface area contributed by atoms with Crippen molar-refractivity contribution in [1.29, 1.82) is 0 Å². The van der Waals surface area contributed by atoms with Crippen molar-refractivity contribution >= 4 is 22.4 Å². The molecule has 0 amide bonds. The number of nitrogen functional groups attached to an aromatic ring is 1. The van der Waals surface area contributed by atoms with E-state index in [9.17, 15) is 13.2 Å². The zero-order valence-electron chi connectivity index (χ0n) is 18.7. The van der Waals surface area contributed by atoms with E-state index in [1.807, 2.05) is 0 Å². The molecule has 1 saturated heterocycles. The topological polar surface area (TPSA) is 101 Å². The fraction of sp³-hybridized carbons (Fsp3) is 0.391. The molecular weight excluding hydrogens is 453 g/mol. The van der Waals surface area contributed by atoms with Gasteiger partial charge in [-0.15, -0.1) is 0 Å². The third kappa shape index (κ3) is 5.60. The van der Waals surface area contributed by atoms with Gasteiger partial charge in [-0.2, -0.15) is 13.2 Å². The molecule has 1 fully saturated rings. The van der Waals surface area contributed by atoms with Gasteiger partial charge in [0.2, 0.25) is 0 Å². The predicted molar refractivity (Wildman–Crippen MR) is 120 cm³/mol. The van der Waals surface area contributed by atoms with Crippen LogP contribution in [-0.4, -0.2) is 49.6 Å². The first-order valence-corrected chi connectivity index (χ1v) is 10.6. The predicted octanol–water partition coefficient (Wildman–Crippen LogP) is 3.95. The number of rotatable bonds is 9. The normalized spacial score (nSPS) is 14.1. The maximum atomic E-state index is 13.1. The minimum atomic E-state index is -4.49. The summed E-state index contributed by atoms with van der Waals surface area (Å²) in [5.41, 5.74) is 5.89. The van der Waals surface area contributed by atoms with Gasteiger partial charge in [0, 0.05) is 23.7 Å². The molecule has 0 aliphatic carbocycles. The molecule has 0 bridgehead atoms. The second kappa shape index (κ2) is 9.90. The summed E-state index contributed by atoms with van der Waals surface area (Å²) in [6.45, 7) is 3.68. The second-order valence-corrected chi connectivity index (χ2v) is 7.83. The van der Waals surface area contributed by atoms with Crippen LogP contribution in [-0.2, 0) is 22.2 Å². The number of ether oxygens (including phenoxy) is 4. The highest BCUT2D eigenvalue weighted by molar-refractivity contribution is 5.91. The van der Waals surface area contributed by atoms with E-state index in [-0.39, 0.29) is 18.3 Å². The Labute approximate surface area is 194 Å². The van der Waals surface area contributed by atoms with Crippen molar-refractivity contribution in [2.75, 3.05) is 44.6 Å². The van der Waals surface area contributed by atoms with Crippen LogP contribution >= 0.6 is 0 Å². The first-order chi connectivity index (χ1) is 16.2. The number of fused-ring (bicyclic) bond motifs is 1. The number of aromatic nitrogens is 2. The number of hydrogen-bond donors (Lipinski definition) is 2. The lowest BCUT2D eigenvalue weighted by molar-refractivity contribution is -0.137. The number of nitrogens with zero attached hydrogens (tertiary/aromatic N) is 2. The molecule has 0 radical (unpaired) electrons. The Kier molecular flexibility index (Phi) is 6.94. The van der Waals surface area contributed by atoms with Gasteiger partial charge in [-0.25, -0.2) is 9.97 Å². The summed E-state index contributed by atoms with van der Waals surface area (Å²) in [4.78, 5) is 8.88. The Bertz CT molecular complexity index is 1170. The fourth-order valence-electron chi connectivity index (χ4n) is 3.51. The van der Waals surface area contributed by atoms with E-state index >= 15 is 0 Å². The van der Waals surface area contributed by atoms with E-state index in [1.165, 1.54) is 13.2 Å². The average molecular weight is 478 g/mol. The molecule has 2 aromatic carbocycles. The number of benzene rings is 2. The number of methoxy groups -OCH3 is 1. The summed E-state index contributed by atoms with van der Waals surface area (Å²) >= 11 is 0. The molecule has 182 valence electrons. The van der Waals surface area contributed by atoms with Gasteiger partial charge in [-0.1, -0.05) is 0 Å². The standard InChI is InChI=1S/C23H25F3N4O4/c1-13-29-19-9-20(31-2)21(34-4-3-33-17-11-32-12-17)8-18(19)22(30-13)28-10-14-5-15(23(24,25)26)7-16(27)6-14/h5-9,17H,3-4,10-12,27H2,1-2H3,(H,28,29,30). The number of nitrogens with two attached hydrogens (primary N) is 1. The average Bonchev–Trinajstić information content (AvgIpc) is 2.74. The molecule has 0 spiro atoms. The lowest BCUT2D eigenvalue weighted by atomic mass is 10.1. The maximum absolute atomic E-state index is 13.1. The van der Waals surface area contributed by atoms with Crippen LogP contribution in [0.5, 0.6) is 11.5 Å². The molecular formula is C23H25F3N4O4. The minimum Gasteiger partial charge on any atom is -0.493 e. The van der Waals surface area contributed by atoms with E-state index in [0.717, 1.165) is 12.1 Å². The Morgan fingerprint density at radius 2 is 1.88 bits per heavy atom. The summed E-state index contributed by atoms with van der Waals surface area (Å²) in [7, 11) is 1.53. The molecule has 3 N–H and O–H groups in total. The molecule has 2 heterocycles. The van der Waals surface area contributed by atoms with Crippen molar-refractivity contribution in [2.45, 2.75) is 25.7 Å². The van der Waals surface area contributed by atoms with E-state index in [4.69, 9.17) is 24.7 Å². The van der Waals surface area contributed by atoms with Gasteiger partial charge in [0.05, 0.1) is 38.0 Å². The van der Waals surface area contributed by atoms with Crippen LogP contribution in [0.4, 0.5) is 24.7 Å². The molecule has 0 atom stereocenters. The molecule has 0 saturated carbocycles. The van der Waals surface area contributed by atoms with E-state index < -0.39 is 11.7 Å². The zero-order valence-corrected chi connectivity index (χ0v) is 18.7. The molecule has 1 aliphatic heterocycles. The van der Waals surface area contributed by atoms with Crippen molar-refractivity contribution in [3.05, 3.63) is 47.3 Å². The molecule has 0 unspecified atom stereocenters. The Morgan fingerprint density at radius 1 is 1.09 bits per heavy atom. The fourth-order valence-corrected chi connectivity index (χ4v) is 3.51. The van der Waals surface area contributed by atoms with E-state index in [2.05, 4.69) is 15.3 Å². The van der Waals surface area contributed by atoms with Gasteiger partial charge >= 0.3 is 6.18 Å². The first kappa shape index (κ1) is 23.8. The highest BCUT2D eigenvalue weighted by Crippen LogP contribution is 2.35. The van der Waals surface area contributed by atoms with E-state index in [1.54, 1.807) is 19.1 Å². The largest absolute Gasteiger partial charge is 0.493 e. The summed E-state index contributed by atoms with van der Waals surface area (Å²) in [5.74, 6) is 1.91. The van der Waals surface area contributed by atoms with Crippen LogP contribution in [0.3, 0.4) is 0 Å². The minimum absolute atomic E-state index is 0.0338. The molecule has 1 aromatic heterocycles. The van der Waals surface area contributed by atoms with Crippen LogP contribution in [0.1, 0.15) is 17.0 Å². The summed E-state index contributed by atoms with van der Waals surface area (Å²) in [6.07, 6.45) is -4.39. The van der Waals surface area contributed by atoms with Gasteiger partial charge in [0.25, 0.3) is 0 Å². The highest BCUT2D eigenvalue weighted by Gasteiger charge is 2.31. The first-order valence-electron chi connectivity index (χ1n) is 10.6. The van der Waals surface area contributed by atoms with Crippen molar-refractivity contribution in [1.82, 2.24) is 9.97 Å². The van der Waals surface area contributed by atoms with Crippen molar-refractivity contribution in [3.63, 3.8) is 0 Å². The third-order valence-corrected chi connectivity index (χ3v) is 5.20. The summed E-state index contributed by atoms with van der Waals surface area (Å²) < 4.78 is 61.4. The highest BCUT2D eigenvalue weighted by atomic mass is 19.4. The van der Waals surface area contributed by atoms with Gasteiger partial charge in [-0.3, -0.25) is 0 Å². The van der Waals surface area contributed by atoms with Gasteiger partial charge < -0.3 is 30.0 Å². The van der Waals surface area contributed by atoms with Crippen molar-refractivity contribution in [3.8, 4) is 11.5 Å². The number of halogens is 3. The number of hydrogen-bond acceptors (Lipinski definition) is 8. The number of aryl methyl sites for hydroxylation is 1. The zero-order chi connectivity index (χ0) is 24.3. The lowest BCUT2D eigenvalue weighted by Crippen LogP contribution is -2.37. The Morgan fingerprint density at radius 3 is 2.56 bits per heavy atom. The van der Waals surface area contributed by atoms with Crippen LogP contribution in [0.2, 0.25) is 0 Å².